The van der Waals surface area contributed by atoms with Gasteiger partial charge in [-0.15, -0.1) is 0 Å². The second-order valence-corrected chi connectivity index (χ2v) is 6.54. The van der Waals surface area contributed by atoms with Crippen LogP contribution in [0.2, 0.25) is 5.02 Å². The van der Waals surface area contributed by atoms with E-state index in [0.717, 1.165) is 11.1 Å². The Morgan fingerprint density at radius 1 is 1.21 bits per heavy atom. The van der Waals surface area contributed by atoms with Crippen LogP contribution in [0.25, 0.3) is 11.3 Å². The number of nitro groups is 1. The molecule has 9 heteroatoms. The van der Waals surface area contributed by atoms with Crippen molar-refractivity contribution in [2.75, 3.05) is 0 Å². The first-order valence-electron chi connectivity index (χ1n) is 8.25. The minimum atomic E-state index is -0.537. The molecular formula is C19H16ClN5O3. The van der Waals surface area contributed by atoms with E-state index in [9.17, 15) is 14.9 Å². The van der Waals surface area contributed by atoms with Crippen LogP contribution in [0.1, 0.15) is 27.2 Å². The van der Waals surface area contributed by atoms with Crippen molar-refractivity contribution in [2.24, 2.45) is 5.10 Å². The Morgan fingerprint density at radius 3 is 2.71 bits per heavy atom. The number of carbonyl (C=O) groups is 1. The fourth-order valence-corrected chi connectivity index (χ4v) is 2.62. The molecule has 2 N–H and O–H groups in total. The number of benzene rings is 2. The molecule has 8 nitrogen and oxygen atoms in total. The predicted octanol–water partition coefficient (Wildman–Crippen LogP) is 4.02. The molecule has 0 radical (unpaired) electrons. The number of aromatic nitrogens is 2. The summed E-state index contributed by atoms with van der Waals surface area (Å²) >= 11 is 5.99. The first kappa shape index (κ1) is 19.2. The molecule has 28 heavy (non-hydrogen) atoms. The number of carbonyl (C=O) groups excluding carboxylic acids is 1. The molecular weight excluding hydrogens is 382 g/mol. The Morgan fingerprint density at radius 2 is 2.00 bits per heavy atom. The minimum Gasteiger partial charge on any atom is -0.272 e. The maximum atomic E-state index is 12.2. The molecule has 2 aromatic carbocycles. The minimum absolute atomic E-state index is 0.122. The van der Waals surface area contributed by atoms with E-state index in [1.165, 1.54) is 30.0 Å². The van der Waals surface area contributed by atoms with Crippen LogP contribution in [-0.2, 0) is 0 Å². The van der Waals surface area contributed by atoms with E-state index >= 15 is 0 Å². The molecule has 0 unspecified atom stereocenters. The van der Waals surface area contributed by atoms with E-state index in [1.54, 1.807) is 6.07 Å². The Balaban J connectivity index is 1.71. The van der Waals surface area contributed by atoms with Gasteiger partial charge in [-0.1, -0.05) is 23.7 Å². The molecule has 0 atom stereocenters. The van der Waals surface area contributed by atoms with E-state index in [2.05, 4.69) is 20.7 Å². The number of non-ortho nitro benzene ring substituents is 1. The highest BCUT2D eigenvalue weighted by molar-refractivity contribution is 6.33. The van der Waals surface area contributed by atoms with Gasteiger partial charge in [-0.2, -0.15) is 10.2 Å². The number of aromatic amines is 1. The third-order valence-corrected chi connectivity index (χ3v) is 4.53. The van der Waals surface area contributed by atoms with Crippen molar-refractivity contribution >= 4 is 29.4 Å². The molecule has 142 valence electrons. The van der Waals surface area contributed by atoms with E-state index in [1.807, 2.05) is 32.0 Å². The SMILES string of the molecule is Cc1ccc(-c2cc(C(=O)N/N=C/c3cc([N+](=O)[O-])ccc3Cl)[nH]n2)cc1C. The Bertz CT molecular complexity index is 1090. The summed E-state index contributed by atoms with van der Waals surface area (Å²) in [6.45, 7) is 4.03. The van der Waals surface area contributed by atoms with Gasteiger partial charge < -0.3 is 0 Å². The Kier molecular flexibility index (Phi) is 5.51. The van der Waals surface area contributed by atoms with Crippen molar-refractivity contribution in [1.29, 1.82) is 0 Å². The molecule has 1 heterocycles. The highest BCUT2D eigenvalue weighted by atomic mass is 35.5. The third kappa shape index (κ3) is 4.24. The van der Waals surface area contributed by atoms with Crippen LogP contribution in [0.3, 0.4) is 0 Å². The molecule has 0 aliphatic carbocycles. The number of nitrogens with zero attached hydrogens (tertiary/aromatic N) is 3. The predicted molar refractivity (Wildman–Crippen MR) is 107 cm³/mol. The molecule has 0 bridgehead atoms. The lowest BCUT2D eigenvalue weighted by Gasteiger charge is -2.01. The lowest BCUT2D eigenvalue weighted by Crippen LogP contribution is -2.18. The fraction of sp³-hybridized carbons (Fsp3) is 0.105. The van der Waals surface area contributed by atoms with Crippen molar-refractivity contribution in [3.8, 4) is 11.3 Å². The first-order valence-corrected chi connectivity index (χ1v) is 8.63. The summed E-state index contributed by atoms with van der Waals surface area (Å²) in [6, 6.07) is 11.5. The van der Waals surface area contributed by atoms with E-state index in [-0.39, 0.29) is 16.4 Å². The smallest absolute Gasteiger partial charge is 0.272 e. The van der Waals surface area contributed by atoms with Gasteiger partial charge in [-0.3, -0.25) is 20.0 Å². The van der Waals surface area contributed by atoms with Gasteiger partial charge >= 0.3 is 0 Å². The summed E-state index contributed by atoms with van der Waals surface area (Å²) in [7, 11) is 0. The molecule has 3 rings (SSSR count). The maximum absolute atomic E-state index is 12.2. The van der Waals surface area contributed by atoms with Crippen LogP contribution >= 0.6 is 11.6 Å². The number of nitrogens with one attached hydrogen (secondary N) is 2. The van der Waals surface area contributed by atoms with Gasteiger partial charge in [0.1, 0.15) is 5.69 Å². The average molecular weight is 398 g/mol. The lowest BCUT2D eigenvalue weighted by atomic mass is 10.0. The number of rotatable bonds is 5. The monoisotopic (exact) mass is 397 g/mol. The molecule has 1 aromatic heterocycles. The van der Waals surface area contributed by atoms with Gasteiger partial charge in [0.05, 0.1) is 16.8 Å². The number of halogens is 1. The maximum Gasteiger partial charge on any atom is 0.289 e. The number of aryl methyl sites for hydroxylation is 2. The largest absolute Gasteiger partial charge is 0.289 e. The second kappa shape index (κ2) is 8.01. The van der Waals surface area contributed by atoms with E-state index in [0.29, 0.717) is 11.3 Å². The molecule has 0 spiro atoms. The average Bonchev–Trinajstić information content (AvgIpc) is 3.15. The van der Waals surface area contributed by atoms with Crippen LogP contribution in [-0.4, -0.2) is 27.2 Å². The summed E-state index contributed by atoms with van der Waals surface area (Å²) in [5.41, 5.74) is 6.60. The summed E-state index contributed by atoms with van der Waals surface area (Å²) < 4.78 is 0. The van der Waals surface area contributed by atoms with Crippen molar-refractivity contribution < 1.29 is 9.72 Å². The second-order valence-electron chi connectivity index (χ2n) is 6.13. The quantitative estimate of drug-likeness (QED) is 0.384. The number of hydrazone groups is 1. The summed E-state index contributed by atoms with van der Waals surface area (Å²) in [6.07, 6.45) is 1.24. The van der Waals surface area contributed by atoms with Crippen LogP contribution in [0.15, 0.2) is 47.6 Å². The van der Waals surface area contributed by atoms with Gasteiger partial charge in [0.15, 0.2) is 0 Å². The standard InChI is InChI=1S/C19H16ClN5O3/c1-11-3-4-13(7-12(11)2)17-9-18(23-22-17)19(26)24-21-10-14-8-15(25(27)28)5-6-16(14)20/h3-10H,1-2H3,(H,22,23)(H,24,26)/b21-10+. The van der Waals surface area contributed by atoms with Crippen molar-refractivity contribution in [3.63, 3.8) is 0 Å². The third-order valence-electron chi connectivity index (χ3n) is 4.19. The number of hydrogen-bond acceptors (Lipinski definition) is 5. The highest BCUT2D eigenvalue weighted by Crippen LogP contribution is 2.21. The molecule has 1 amide bonds. The zero-order valence-electron chi connectivity index (χ0n) is 15.1. The number of H-pyrrole nitrogens is 1. The zero-order valence-corrected chi connectivity index (χ0v) is 15.8. The van der Waals surface area contributed by atoms with Crippen molar-refractivity contribution in [1.82, 2.24) is 15.6 Å². The summed E-state index contributed by atoms with van der Waals surface area (Å²) in [5.74, 6) is -0.500. The molecule has 0 saturated carbocycles. The van der Waals surface area contributed by atoms with Gasteiger partial charge in [0.25, 0.3) is 11.6 Å². The van der Waals surface area contributed by atoms with Crippen molar-refractivity contribution in [2.45, 2.75) is 13.8 Å². The van der Waals surface area contributed by atoms with Crippen molar-refractivity contribution in [3.05, 3.63) is 80.0 Å². The van der Waals surface area contributed by atoms with Gasteiger partial charge in [0.2, 0.25) is 0 Å². The topological polar surface area (TPSA) is 113 Å². The summed E-state index contributed by atoms with van der Waals surface area (Å²) in [5, 5.41) is 21.7. The van der Waals surface area contributed by atoms with Crippen LogP contribution in [0.4, 0.5) is 5.69 Å². The van der Waals surface area contributed by atoms with Crippen LogP contribution in [0.5, 0.6) is 0 Å². The lowest BCUT2D eigenvalue weighted by molar-refractivity contribution is -0.384. The number of nitro benzene ring substituents is 1. The molecule has 0 aliphatic heterocycles. The first-order chi connectivity index (χ1) is 13.3. The van der Waals surface area contributed by atoms with Gasteiger partial charge in [-0.25, -0.2) is 5.43 Å². The van der Waals surface area contributed by atoms with Crippen LogP contribution < -0.4 is 5.43 Å². The van der Waals surface area contributed by atoms with E-state index in [4.69, 9.17) is 11.6 Å². The van der Waals surface area contributed by atoms with E-state index < -0.39 is 10.8 Å². The number of amides is 1. The summed E-state index contributed by atoms with van der Waals surface area (Å²) in [4.78, 5) is 22.5. The van der Waals surface area contributed by atoms with Gasteiger partial charge in [0, 0.05) is 28.3 Å². The zero-order chi connectivity index (χ0) is 20.3. The molecule has 3 aromatic rings. The molecule has 0 saturated heterocycles. The molecule has 0 aliphatic rings. The Labute approximate surface area is 165 Å². The number of hydrogen-bond donors (Lipinski definition) is 2. The highest BCUT2D eigenvalue weighted by Gasteiger charge is 2.12. The van der Waals surface area contributed by atoms with Crippen LogP contribution in [0, 0.1) is 24.0 Å². The Hall–Kier alpha value is -3.52. The van der Waals surface area contributed by atoms with Gasteiger partial charge in [-0.05, 0) is 43.2 Å². The molecule has 0 fully saturated rings. The fourth-order valence-electron chi connectivity index (χ4n) is 2.45. The normalized spacial score (nSPS) is 11.0.